The van der Waals surface area contributed by atoms with Crippen LogP contribution in [0.3, 0.4) is 0 Å². The molecule has 5 aliphatic rings. The van der Waals surface area contributed by atoms with Crippen LogP contribution in [0.1, 0.15) is 43.4 Å². The van der Waals surface area contributed by atoms with Gasteiger partial charge in [-0.05, 0) is 50.7 Å². The Morgan fingerprint density at radius 2 is 2.19 bits per heavy atom. The number of rotatable bonds is 4. The lowest BCUT2D eigenvalue weighted by atomic mass is 9.91. The molecule has 0 spiro atoms. The number of hydrogen-bond acceptors (Lipinski definition) is 3. The highest BCUT2D eigenvalue weighted by molar-refractivity contribution is 5.99. The highest BCUT2D eigenvalue weighted by atomic mass is 19.1. The minimum Gasteiger partial charge on any atom is -0.322 e. The summed E-state index contributed by atoms with van der Waals surface area (Å²) in [5, 5.41) is 9.02. The number of allylic oxidation sites excluding steroid dienone is 4. The number of halogens is 1. The molecule has 0 aromatic heterocycles. The number of carbonyl (C=O) groups is 1. The van der Waals surface area contributed by atoms with Crippen LogP contribution in [0.4, 0.5) is 4.39 Å². The van der Waals surface area contributed by atoms with Crippen LogP contribution in [0.5, 0.6) is 0 Å². The molecule has 2 bridgehead atoms. The van der Waals surface area contributed by atoms with Gasteiger partial charge in [0.2, 0.25) is 0 Å². The summed E-state index contributed by atoms with van der Waals surface area (Å²) >= 11 is 0. The number of nitriles is 1. The van der Waals surface area contributed by atoms with Crippen molar-refractivity contribution in [3.63, 3.8) is 0 Å². The van der Waals surface area contributed by atoms with E-state index in [2.05, 4.69) is 17.1 Å². The summed E-state index contributed by atoms with van der Waals surface area (Å²) in [4.78, 5) is 17.5. The normalized spacial score (nSPS) is 16.6. The molecule has 0 aromatic rings. The van der Waals surface area contributed by atoms with E-state index in [0.717, 1.165) is 43.2 Å². The summed E-state index contributed by atoms with van der Waals surface area (Å²) in [6.45, 7) is 1.88. The second kappa shape index (κ2) is 6.53. The van der Waals surface area contributed by atoms with Crippen LogP contribution in [0, 0.1) is 24.1 Å². The average molecular weight is 349 g/mol. The highest BCUT2D eigenvalue weighted by Gasteiger charge is 2.24. The molecule has 1 saturated carbocycles. The van der Waals surface area contributed by atoms with E-state index < -0.39 is 5.82 Å². The lowest BCUT2D eigenvalue weighted by Crippen LogP contribution is -2.17. The van der Waals surface area contributed by atoms with Crippen LogP contribution < -0.4 is 0 Å². The van der Waals surface area contributed by atoms with Crippen LogP contribution in [0.25, 0.3) is 11.4 Å². The molecule has 4 nitrogen and oxygen atoms in total. The molecule has 5 heteroatoms. The van der Waals surface area contributed by atoms with Crippen LogP contribution >= 0.6 is 0 Å². The fourth-order valence-corrected chi connectivity index (χ4v) is 4.12. The van der Waals surface area contributed by atoms with E-state index in [1.807, 2.05) is 6.92 Å². The molecule has 0 atom stereocenters. The minimum atomic E-state index is -0.421. The first kappa shape index (κ1) is 16.7. The maximum Gasteiger partial charge on any atom is 0.182 e. The Bertz CT molecular complexity index is 966. The molecule has 2 heterocycles. The van der Waals surface area contributed by atoms with Crippen molar-refractivity contribution in [1.29, 1.82) is 5.26 Å². The number of carbonyl (C=O) groups excluding carboxylic acids is 1. The fourth-order valence-electron chi connectivity index (χ4n) is 4.12. The molecule has 5 rings (SSSR count). The summed E-state index contributed by atoms with van der Waals surface area (Å²) < 4.78 is 15.8. The van der Waals surface area contributed by atoms with Crippen molar-refractivity contribution >= 4 is 5.78 Å². The summed E-state index contributed by atoms with van der Waals surface area (Å²) in [7, 11) is 0. The van der Waals surface area contributed by atoms with E-state index in [4.69, 9.17) is 5.26 Å². The van der Waals surface area contributed by atoms with Crippen molar-refractivity contribution in [3.05, 3.63) is 52.1 Å². The molecule has 1 fully saturated rings. The molecular weight excluding hydrogens is 329 g/mol. The third kappa shape index (κ3) is 2.86. The largest absolute Gasteiger partial charge is 0.322 e. The predicted molar refractivity (Wildman–Crippen MR) is 96.1 cm³/mol. The average Bonchev–Trinajstić information content (AvgIpc) is 2.81. The van der Waals surface area contributed by atoms with E-state index in [9.17, 15) is 9.18 Å². The number of aromatic nitrogens is 2. The van der Waals surface area contributed by atoms with Crippen LogP contribution in [0.15, 0.2) is 35.1 Å². The number of hydrogen-bond donors (Lipinski definition) is 0. The van der Waals surface area contributed by atoms with Crippen molar-refractivity contribution in [1.82, 2.24) is 9.55 Å². The van der Waals surface area contributed by atoms with Gasteiger partial charge < -0.3 is 4.57 Å². The van der Waals surface area contributed by atoms with Gasteiger partial charge in [-0.25, -0.2) is 9.37 Å². The fraction of sp³-hybridized carbons (Fsp3) is 0.381. The van der Waals surface area contributed by atoms with E-state index in [0.29, 0.717) is 17.1 Å². The summed E-state index contributed by atoms with van der Waals surface area (Å²) in [6.07, 6.45) is 8.74. The Morgan fingerprint density at radius 1 is 1.35 bits per heavy atom. The lowest BCUT2D eigenvalue weighted by molar-refractivity contribution is -0.115. The number of ketones is 1. The van der Waals surface area contributed by atoms with E-state index >= 15 is 0 Å². The highest BCUT2D eigenvalue weighted by Crippen LogP contribution is 2.35. The molecule has 3 aliphatic carbocycles. The lowest BCUT2D eigenvalue weighted by Gasteiger charge is -2.17. The maximum atomic E-state index is 14.2. The molecule has 0 saturated heterocycles. The molecule has 26 heavy (non-hydrogen) atoms. The van der Waals surface area contributed by atoms with Crippen molar-refractivity contribution in [2.45, 2.75) is 52.0 Å². The summed E-state index contributed by atoms with van der Waals surface area (Å²) in [5.74, 6) is 0.160. The van der Waals surface area contributed by atoms with Gasteiger partial charge in [-0.1, -0.05) is 17.2 Å². The van der Waals surface area contributed by atoms with Gasteiger partial charge in [0.15, 0.2) is 5.78 Å². The quantitative estimate of drug-likeness (QED) is 0.828. The third-order valence-electron chi connectivity index (χ3n) is 5.43. The second-order valence-electron chi connectivity index (χ2n) is 7.13. The minimum absolute atomic E-state index is 0.0125. The van der Waals surface area contributed by atoms with Gasteiger partial charge in [-0.2, -0.15) is 5.26 Å². The molecule has 0 N–H and O–H groups in total. The van der Waals surface area contributed by atoms with Crippen LogP contribution in [-0.4, -0.2) is 15.3 Å². The number of aryl methyl sites for hydroxylation is 1. The monoisotopic (exact) mass is 349 g/mol. The maximum absolute atomic E-state index is 14.2. The molecule has 2 aliphatic heterocycles. The van der Waals surface area contributed by atoms with Crippen molar-refractivity contribution in [2.75, 3.05) is 0 Å². The molecule has 0 aromatic carbocycles. The van der Waals surface area contributed by atoms with E-state index in [-0.39, 0.29) is 18.7 Å². The number of pyridine rings is 1. The standard InChI is InChI=1S/C21H20FN3O/c1-13-17(7-8-23)19-10-16(22)11-25(21(19)24-13)12-20(26)18-9-14-3-2-4-15(18)6-5-14/h9-11H,2-7,12H2,1H3. The van der Waals surface area contributed by atoms with Gasteiger partial charge in [-0.3, -0.25) is 4.79 Å². The van der Waals surface area contributed by atoms with Crippen molar-refractivity contribution in [3.8, 4) is 17.5 Å². The van der Waals surface area contributed by atoms with Gasteiger partial charge in [0, 0.05) is 23.0 Å². The number of nitrogens with zero attached hydrogens (tertiary/aromatic N) is 3. The van der Waals surface area contributed by atoms with Crippen molar-refractivity contribution < 1.29 is 9.18 Å². The first-order valence-electron chi connectivity index (χ1n) is 9.03. The SMILES string of the molecule is Cc1nc2n(CC(=O)C3=C4CCCC(=C3)CC4)cc(F)cc-2c1CC#N. The molecule has 0 unspecified atom stereocenters. The Labute approximate surface area is 152 Å². The smallest absolute Gasteiger partial charge is 0.182 e. The Balaban J connectivity index is 1.70. The van der Waals surface area contributed by atoms with Crippen LogP contribution in [-0.2, 0) is 17.8 Å². The first-order chi connectivity index (χ1) is 12.6. The molecular formula is C21H20FN3O. The van der Waals surface area contributed by atoms with E-state index in [1.165, 1.54) is 23.4 Å². The number of Topliss-reactive ketones (excluding diaryl/α,β-unsaturated/α-hetero) is 1. The van der Waals surface area contributed by atoms with Gasteiger partial charge in [0.25, 0.3) is 0 Å². The predicted octanol–water partition coefficient (Wildman–Crippen LogP) is 4.27. The van der Waals surface area contributed by atoms with Crippen molar-refractivity contribution in [2.24, 2.45) is 0 Å². The topological polar surface area (TPSA) is 58.7 Å². The first-order valence-corrected chi connectivity index (χ1v) is 9.03. The Morgan fingerprint density at radius 3 is 3.00 bits per heavy atom. The Kier molecular flexibility index (Phi) is 4.20. The molecule has 132 valence electrons. The molecule has 0 radical (unpaired) electrons. The van der Waals surface area contributed by atoms with Gasteiger partial charge in [0.1, 0.15) is 11.6 Å². The van der Waals surface area contributed by atoms with Gasteiger partial charge in [-0.15, -0.1) is 0 Å². The zero-order valence-corrected chi connectivity index (χ0v) is 14.8. The van der Waals surface area contributed by atoms with Gasteiger partial charge >= 0.3 is 0 Å². The summed E-state index contributed by atoms with van der Waals surface area (Å²) in [5.41, 5.74) is 5.47. The summed E-state index contributed by atoms with van der Waals surface area (Å²) in [6, 6.07) is 3.51. The number of fused-ring (bicyclic) bond motifs is 5. The third-order valence-corrected chi connectivity index (χ3v) is 5.43. The van der Waals surface area contributed by atoms with Gasteiger partial charge in [0.05, 0.1) is 19.0 Å². The van der Waals surface area contributed by atoms with Crippen LogP contribution in [0.2, 0.25) is 0 Å². The second-order valence-corrected chi connectivity index (χ2v) is 7.13. The molecule has 0 amide bonds. The zero-order valence-electron chi connectivity index (χ0n) is 14.8. The van der Waals surface area contributed by atoms with E-state index in [1.54, 1.807) is 4.57 Å². The Hall–Kier alpha value is -2.74. The zero-order chi connectivity index (χ0) is 18.3.